The molecule has 3 aliphatic heterocycles. The first kappa shape index (κ1) is 17.7. The third-order valence-corrected chi connectivity index (χ3v) is 5.67. The van der Waals surface area contributed by atoms with Gasteiger partial charge in [-0.3, -0.25) is 4.99 Å². The molecule has 3 heterocycles. The van der Waals surface area contributed by atoms with E-state index in [1.165, 1.54) is 37.2 Å². The number of halogens is 1. The van der Waals surface area contributed by atoms with Crippen LogP contribution in [0.3, 0.4) is 0 Å². The molecule has 3 saturated heterocycles. The van der Waals surface area contributed by atoms with Crippen LogP contribution in [-0.2, 0) is 4.74 Å². The first-order chi connectivity index (χ1) is 9.85. The maximum atomic E-state index is 5.91. The number of fused-ring (bicyclic) bond motifs is 2. The first-order valence-electron chi connectivity index (χ1n) is 8.13. The van der Waals surface area contributed by atoms with Gasteiger partial charge in [0.15, 0.2) is 5.96 Å². The summed E-state index contributed by atoms with van der Waals surface area (Å²) in [7, 11) is 0. The molecule has 0 amide bonds. The Morgan fingerprint density at radius 1 is 1.24 bits per heavy atom. The molecule has 122 valence electrons. The Labute approximate surface area is 149 Å². The van der Waals surface area contributed by atoms with Crippen molar-refractivity contribution in [3.63, 3.8) is 0 Å². The summed E-state index contributed by atoms with van der Waals surface area (Å²) >= 11 is 2.08. The Bertz CT molecular complexity index is 350. The molecule has 3 fully saturated rings. The summed E-state index contributed by atoms with van der Waals surface area (Å²) in [5.74, 6) is 4.39. The van der Waals surface area contributed by atoms with E-state index in [-0.39, 0.29) is 24.0 Å². The number of rotatable bonds is 4. The second-order valence-electron chi connectivity index (χ2n) is 6.14. The SMILES string of the molecule is CCNC(=NCC1CCSCC1)NC1CC2CCC1O2.I. The van der Waals surface area contributed by atoms with Crippen LogP contribution >= 0.6 is 35.7 Å². The summed E-state index contributed by atoms with van der Waals surface area (Å²) in [6.45, 7) is 4.03. The van der Waals surface area contributed by atoms with Crippen LogP contribution in [0, 0.1) is 5.92 Å². The minimum atomic E-state index is 0. The molecule has 0 aromatic carbocycles. The topological polar surface area (TPSA) is 45.7 Å². The van der Waals surface area contributed by atoms with Crippen LogP contribution in [0.15, 0.2) is 4.99 Å². The smallest absolute Gasteiger partial charge is 0.191 e. The van der Waals surface area contributed by atoms with Crippen molar-refractivity contribution in [1.29, 1.82) is 0 Å². The zero-order valence-electron chi connectivity index (χ0n) is 12.8. The van der Waals surface area contributed by atoms with Crippen molar-refractivity contribution < 1.29 is 4.74 Å². The Kier molecular flexibility index (Phi) is 7.41. The molecule has 2 N–H and O–H groups in total. The molecule has 6 heteroatoms. The molecule has 3 atom stereocenters. The lowest BCUT2D eigenvalue weighted by atomic mass is 9.96. The average molecular weight is 425 g/mol. The van der Waals surface area contributed by atoms with Crippen LogP contribution in [0.1, 0.15) is 39.0 Å². The van der Waals surface area contributed by atoms with Crippen molar-refractivity contribution in [2.75, 3.05) is 24.6 Å². The van der Waals surface area contributed by atoms with Gasteiger partial charge in [0.1, 0.15) is 0 Å². The van der Waals surface area contributed by atoms with Crippen LogP contribution < -0.4 is 10.6 Å². The molecule has 0 aliphatic carbocycles. The monoisotopic (exact) mass is 425 g/mol. The minimum absolute atomic E-state index is 0. The van der Waals surface area contributed by atoms with Crippen molar-refractivity contribution in [3.05, 3.63) is 0 Å². The number of hydrogen-bond acceptors (Lipinski definition) is 3. The highest BCUT2D eigenvalue weighted by molar-refractivity contribution is 14.0. The normalized spacial score (nSPS) is 32.8. The zero-order chi connectivity index (χ0) is 13.8. The van der Waals surface area contributed by atoms with E-state index >= 15 is 0 Å². The number of nitrogens with zero attached hydrogens (tertiary/aromatic N) is 1. The summed E-state index contributed by atoms with van der Waals surface area (Å²) in [5, 5.41) is 6.98. The molecule has 3 rings (SSSR count). The molecule has 0 spiro atoms. The molecule has 3 unspecified atom stereocenters. The molecule has 0 radical (unpaired) electrons. The van der Waals surface area contributed by atoms with Gasteiger partial charge in [-0.15, -0.1) is 24.0 Å². The molecule has 0 aromatic heterocycles. The summed E-state index contributed by atoms with van der Waals surface area (Å²) in [4.78, 5) is 4.81. The number of ether oxygens (including phenoxy) is 1. The van der Waals surface area contributed by atoms with Gasteiger partial charge >= 0.3 is 0 Å². The third kappa shape index (κ3) is 4.89. The quantitative estimate of drug-likeness (QED) is 0.413. The number of aliphatic imine (C=N–C) groups is 1. The predicted molar refractivity (Wildman–Crippen MR) is 101 cm³/mol. The van der Waals surface area contributed by atoms with Gasteiger partial charge in [0, 0.05) is 13.1 Å². The molecule has 21 heavy (non-hydrogen) atoms. The first-order valence-corrected chi connectivity index (χ1v) is 9.28. The molecule has 2 bridgehead atoms. The van der Waals surface area contributed by atoms with Crippen LogP contribution in [0.25, 0.3) is 0 Å². The summed E-state index contributed by atoms with van der Waals surface area (Å²) in [6.07, 6.45) is 7.16. The van der Waals surface area contributed by atoms with Gasteiger partial charge in [-0.1, -0.05) is 0 Å². The fraction of sp³-hybridized carbons (Fsp3) is 0.933. The molecule has 0 saturated carbocycles. The third-order valence-electron chi connectivity index (χ3n) is 4.62. The molecular formula is C15H28IN3OS. The lowest BCUT2D eigenvalue weighted by molar-refractivity contribution is 0.0992. The number of hydrogen-bond donors (Lipinski definition) is 2. The van der Waals surface area contributed by atoms with Crippen LogP contribution in [0.5, 0.6) is 0 Å². The van der Waals surface area contributed by atoms with Crippen molar-refractivity contribution in [2.45, 2.75) is 57.3 Å². The van der Waals surface area contributed by atoms with E-state index in [4.69, 9.17) is 9.73 Å². The summed E-state index contributed by atoms with van der Waals surface area (Å²) in [6, 6.07) is 0.466. The molecule has 0 aromatic rings. The van der Waals surface area contributed by atoms with Gasteiger partial charge in [-0.25, -0.2) is 0 Å². The summed E-state index contributed by atoms with van der Waals surface area (Å²) in [5.41, 5.74) is 0. The minimum Gasteiger partial charge on any atom is -0.373 e. The van der Waals surface area contributed by atoms with E-state index in [2.05, 4.69) is 29.3 Å². The van der Waals surface area contributed by atoms with E-state index < -0.39 is 0 Å². The molecule has 3 aliphatic rings. The predicted octanol–water partition coefficient (Wildman–Crippen LogP) is 2.62. The van der Waals surface area contributed by atoms with Crippen LogP contribution in [0.4, 0.5) is 0 Å². The Hall–Kier alpha value is 0.310. The standard InChI is InChI=1S/C15H27N3OS.HI/c1-2-16-15(17-10-11-5-7-20-8-6-11)18-13-9-12-3-4-14(13)19-12;/h11-14H,2-10H2,1H3,(H2,16,17,18);1H. The van der Waals surface area contributed by atoms with Crippen molar-refractivity contribution >= 4 is 41.7 Å². The van der Waals surface area contributed by atoms with Crippen molar-refractivity contribution in [1.82, 2.24) is 10.6 Å². The highest BCUT2D eigenvalue weighted by Crippen LogP contribution is 2.34. The summed E-state index contributed by atoms with van der Waals surface area (Å²) < 4.78 is 5.91. The van der Waals surface area contributed by atoms with E-state index in [1.54, 1.807) is 0 Å². The van der Waals surface area contributed by atoms with Crippen molar-refractivity contribution in [2.24, 2.45) is 10.9 Å². The maximum Gasteiger partial charge on any atom is 0.191 e. The second kappa shape index (κ2) is 8.82. The second-order valence-corrected chi connectivity index (χ2v) is 7.36. The average Bonchev–Trinajstić information content (AvgIpc) is 3.09. The number of guanidine groups is 1. The Balaban J connectivity index is 0.00000161. The Morgan fingerprint density at radius 2 is 2.05 bits per heavy atom. The van der Waals surface area contributed by atoms with Gasteiger partial charge in [0.25, 0.3) is 0 Å². The van der Waals surface area contributed by atoms with E-state index in [1.807, 2.05) is 0 Å². The van der Waals surface area contributed by atoms with E-state index in [9.17, 15) is 0 Å². The Morgan fingerprint density at radius 3 is 2.67 bits per heavy atom. The highest BCUT2D eigenvalue weighted by Gasteiger charge is 2.41. The van der Waals surface area contributed by atoms with Gasteiger partial charge in [-0.05, 0) is 56.5 Å². The molecule has 4 nitrogen and oxygen atoms in total. The van der Waals surface area contributed by atoms with Gasteiger partial charge in [-0.2, -0.15) is 11.8 Å². The van der Waals surface area contributed by atoms with Crippen LogP contribution in [0.2, 0.25) is 0 Å². The maximum absolute atomic E-state index is 5.91. The fourth-order valence-electron chi connectivity index (χ4n) is 3.43. The van der Waals surface area contributed by atoms with Crippen molar-refractivity contribution in [3.8, 4) is 0 Å². The van der Waals surface area contributed by atoms with E-state index in [0.717, 1.165) is 31.4 Å². The van der Waals surface area contributed by atoms with Gasteiger partial charge in [0.2, 0.25) is 0 Å². The van der Waals surface area contributed by atoms with Gasteiger partial charge < -0.3 is 15.4 Å². The highest BCUT2D eigenvalue weighted by atomic mass is 127. The van der Waals surface area contributed by atoms with E-state index in [0.29, 0.717) is 18.2 Å². The fourth-order valence-corrected chi connectivity index (χ4v) is 4.64. The van der Waals surface area contributed by atoms with Gasteiger partial charge in [0.05, 0.1) is 18.2 Å². The van der Waals surface area contributed by atoms with Crippen LogP contribution in [-0.4, -0.2) is 48.8 Å². The number of nitrogens with one attached hydrogen (secondary N) is 2. The lowest BCUT2D eigenvalue weighted by Crippen LogP contribution is -2.47. The molecular weight excluding hydrogens is 397 g/mol. The number of thioether (sulfide) groups is 1. The zero-order valence-corrected chi connectivity index (χ0v) is 16.0. The largest absolute Gasteiger partial charge is 0.373 e. The lowest BCUT2D eigenvalue weighted by Gasteiger charge is -2.24.